The van der Waals surface area contributed by atoms with Crippen molar-refractivity contribution in [2.45, 2.75) is 19.4 Å². The number of anilines is 1. The lowest BCUT2D eigenvalue weighted by Gasteiger charge is -2.19. The molecule has 0 heterocycles. The fourth-order valence-corrected chi connectivity index (χ4v) is 3.17. The molecular formula is C24H23NO6. The van der Waals surface area contributed by atoms with Gasteiger partial charge >= 0.3 is 11.9 Å². The van der Waals surface area contributed by atoms with Gasteiger partial charge in [0.15, 0.2) is 6.10 Å². The molecular weight excluding hydrogens is 398 g/mol. The van der Waals surface area contributed by atoms with Crippen molar-refractivity contribution in [3.05, 3.63) is 71.8 Å². The number of carbonyl (C=O) groups excluding carboxylic acids is 3. The maximum Gasteiger partial charge on any atom is 0.339 e. The number of fused-ring (bicyclic) bond motifs is 1. The first-order chi connectivity index (χ1) is 15.0. The predicted octanol–water partition coefficient (Wildman–Crippen LogP) is 4.21. The molecule has 1 atom stereocenters. The highest BCUT2D eigenvalue weighted by Crippen LogP contribution is 2.27. The number of esters is 2. The van der Waals surface area contributed by atoms with Gasteiger partial charge in [0.1, 0.15) is 5.75 Å². The molecule has 0 aromatic heterocycles. The van der Waals surface area contributed by atoms with Crippen LogP contribution in [0.3, 0.4) is 0 Å². The zero-order valence-corrected chi connectivity index (χ0v) is 17.5. The molecule has 3 aromatic carbocycles. The highest BCUT2D eigenvalue weighted by molar-refractivity contribution is 6.04. The number of rotatable bonds is 7. The summed E-state index contributed by atoms with van der Waals surface area (Å²) in [6.45, 7) is 1.82. The summed E-state index contributed by atoms with van der Waals surface area (Å²) in [5, 5.41) is 4.57. The van der Waals surface area contributed by atoms with Crippen LogP contribution in [-0.4, -0.2) is 38.2 Å². The van der Waals surface area contributed by atoms with Gasteiger partial charge < -0.3 is 19.5 Å². The maximum atomic E-state index is 13.0. The third-order valence-corrected chi connectivity index (χ3v) is 4.79. The van der Waals surface area contributed by atoms with E-state index in [1.165, 1.54) is 32.4 Å². The van der Waals surface area contributed by atoms with Gasteiger partial charge in [0.2, 0.25) is 0 Å². The second kappa shape index (κ2) is 9.75. The molecule has 0 aliphatic heterocycles. The fraction of sp³-hybridized carbons (Fsp3) is 0.208. The average molecular weight is 421 g/mol. The summed E-state index contributed by atoms with van der Waals surface area (Å²) in [4.78, 5) is 37.0. The smallest absolute Gasteiger partial charge is 0.339 e. The Bertz CT molecular complexity index is 1120. The molecule has 0 aliphatic carbocycles. The van der Waals surface area contributed by atoms with E-state index in [-0.39, 0.29) is 16.8 Å². The largest absolute Gasteiger partial charge is 0.480 e. The molecule has 0 fully saturated rings. The Balaban J connectivity index is 1.89. The summed E-state index contributed by atoms with van der Waals surface area (Å²) in [7, 11) is 2.49. The molecule has 3 aromatic rings. The molecule has 3 rings (SSSR count). The van der Waals surface area contributed by atoms with Crippen molar-refractivity contribution < 1.29 is 28.6 Å². The highest BCUT2D eigenvalue weighted by Gasteiger charge is 2.23. The Morgan fingerprint density at radius 3 is 2.32 bits per heavy atom. The fourth-order valence-electron chi connectivity index (χ4n) is 3.17. The lowest BCUT2D eigenvalue weighted by Crippen LogP contribution is -2.33. The highest BCUT2D eigenvalue weighted by atomic mass is 16.5. The molecule has 31 heavy (non-hydrogen) atoms. The lowest BCUT2D eigenvalue weighted by atomic mass is 10.1. The number of nitrogens with one attached hydrogen (secondary N) is 1. The quantitative estimate of drug-likeness (QED) is 0.575. The van der Waals surface area contributed by atoms with E-state index < -0.39 is 23.9 Å². The van der Waals surface area contributed by atoms with Crippen LogP contribution in [0.5, 0.6) is 5.75 Å². The Labute approximate surface area is 179 Å². The summed E-state index contributed by atoms with van der Waals surface area (Å²) in [5.74, 6) is -1.11. The minimum Gasteiger partial charge on any atom is -0.480 e. The van der Waals surface area contributed by atoms with Gasteiger partial charge in [-0.2, -0.15) is 0 Å². The topological polar surface area (TPSA) is 90.9 Å². The van der Waals surface area contributed by atoms with Crippen LogP contribution >= 0.6 is 0 Å². The van der Waals surface area contributed by atoms with Crippen LogP contribution in [0.1, 0.15) is 34.1 Å². The predicted molar refractivity (Wildman–Crippen MR) is 116 cm³/mol. The van der Waals surface area contributed by atoms with Gasteiger partial charge in [-0.15, -0.1) is 0 Å². The van der Waals surface area contributed by atoms with E-state index in [2.05, 4.69) is 5.32 Å². The SMILES string of the molecule is CC[C@H](Oc1cccc2ccccc12)C(=O)Nc1cc(C(=O)OC)ccc1C(=O)OC. The maximum absolute atomic E-state index is 13.0. The zero-order chi connectivity index (χ0) is 22.4. The van der Waals surface area contributed by atoms with Gasteiger partial charge in [0.25, 0.3) is 5.91 Å². The monoisotopic (exact) mass is 421 g/mol. The molecule has 1 N–H and O–H groups in total. The van der Waals surface area contributed by atoms with E-state index in [1.807, 2.05) is 43.3 Å². The number of hydrogen-bond donors (Lipinski definition) is 1. The number of hydrogen-bond acceptors (Lipinski definition) is 6. The van der Waals surface area contributed by atoms with Crippen molar-refractivity contribution in [1.29, 1.82) is 0 Å². The molecule has 7 heteroatoms. The second-order valence-electron chi connectivity index (χ2n) is 6.72. The first-order valence-electron chi connectivity index (χ1n) is 9.74. The van der Waals surface area contributed by atoms with Crippen molar-refractivity contribution in [3.63, 3.8) is 0 Å². The van der Waals surface area contributed by atoms with Crippen LogP contribution in [0.25, 0.3) is 10.8 Å². The van der Waals surface area contributed by atoms with E-state index in [9.17, 15) is 14.4 Å². The molecule has 7 nitrogen and oxygen atoms in total. The van der Waals surface area contributed by atoms with Crippen molar-refractivity contribution >= 4 is 34.3 Å². The third kappa shape index (κ3) is 4.83. The normalized spacial score (nSPS) is 11.5. The molecule has 0 saturated heterocycles. The number of benzene rings is 3. The number of amides is 1. The lowest BCUT2D eigenvalue weighted by molar-refractivity contribution is -0.122. The van der Waals surface area contributed by atoms with Gasteiger partial charge in [-0.1, -0.05) is 43.3 Å². The molecule has 0 bridgehead atoms. The minimum atomic E-state index is -0.821. The molecule has 0 aliphatic rings. The first kappa shape index (κ1) is 21.8. The van der Waals surface area contributed by atoms with Crippen molar-refractivity contribution in [3.8, 4) is 5.75 Å². The third-order valence-electron chi connectivity index (χ3n) is 4.79. The van der Waals surface area contributed by atoms with Crippen LogP contribution in [0.15, 0.2) is 60.7 Å². The van der Waals surface area contributed by atoms with Crippen LogP contribution in [0.2, 0.25) is 0 Å². The van der Waals surface area contributed by atoms with Gasteiger partial charge in [0, 0.05) is 5.39 Å². The Kier molecular flexibility index (Phi) is 6.87. The molecule has 0 saturated carbocycles. The number of methoxy groups -OCH3 is 2. The molecule has 0 spiro atoms. The number of carbonyl (C=O) groups is 3. The van der Waals surface area contributed by atoms with Crippen LogP contribution in [-0.2, 0) is 14.3 Å². The second-order valence-corrected chi connectivity index (χ2v) is 6.72. The minimum absolute atomic E-state index is 0.114. The van der Waals surface area contributed by atoms with E-state index >= 15 is 0 Å². The molecule has 0 unspecified atom stereocenters. The van der Waals surface area contributed by atoms with Crippen LogP contribution in [0, 0.1) is 0 Å². The van der Waals surface area contributed by atoms with E-state index in [1.54, 1.807) is 6.07 Å². The molecule has 0 radical (unpaired) electrons. The standard InChI is InChI=1S/C24H23NO6/c1-4-20(31-21-11-7-9-15-8-5-6-10-17(15)21)22(26)25-19-14-16(23(27)29-2)12-13-18(19)24(28)30-3/h5-14,20H,4H2,1-3H3,(H,25,26)/t20-/m0/s1. The first-order valence-corrected chi connectivity index (χ1v) is 9.74. The van der Waals surface area contributed by atoms with E-state index in [0.717, 1.165) is 10.8 Å². The van der Waals surface area contributed by atoms with E-state index in [4.69, 9.17) is 14.2 Å². The summed E-state index contributed by atoms with van der Waals surface area (Å²) < 4.78 is 15.5. The summed E-state index contributed by atoms with van der Waals surface area (Å²) >= 11 is 0. The Morgan fingerprint density at radius 2 is 1.61 bits per heavy atom. The van der Waals surface area contributed by atoms with Crippen LogP contribution < -0.4 is 10.1 Å². The molecule has 160 valence electrons. The van der Waals surface area contributed by atoms with Crippen molar-refractivity contribution in [2.24, 2.45) is 0 Å². The Hall–Kier alpha value is -3.87. The summed E-state index contributed by atoms with van der Waals surface area (Å²) in [5.41, 5.74) is 0.441. The van der Waals surface area contributed by atoms with Gasteiger partial charge in [-0.3, -0.25) is 4.79 Å². The molecule has 1 amide bonds. The van der Waals surface area contributed by atoms with Gasteiger partial charge in [-0.05, 0) is 36.1 Å². The van der Waals surface area contributed by atoms with E-state index in [0.29, 0.717) is 12.2 Å². The van der Waals surface area contributed by atoms with Gasteiger partial charge in [-0.25, -0.2) is 9.59 Å². The Morgan fingerprint density at radius 1 is 0.903 bits per heavy atom. The average Bonchev–Trinajstić information content (AvgIpc) is 2.81. The van der Waals surface area contributed by atoms with Gasteiger partial charge in [0.05, 0.1) is 31.0 Å². The van der Waals surface area contributed by atoms with Crippen LogP contribution in [0.4, 0.5) is 5.69 Å². The van der Waals surface area contributed by atoms with Crippen molar-refractivity contribution in [1.82, 2.24) is 0 Å². The van der Waals surface area contributed by atoms with Crippen molar-refractivity contribution in [2.75, 3.05) is 19.5 Å². The number of ether oxygens (including phenoxy) is 3. The summed E-state index contributed by atoms with van der Waals surface area (Å²) in [6, 6.07) is 17.5. The zero-order valence-electron chi connectivity index (χ0n) is 17.5. The summed E-state index contributed by atoms with van der Waals surface area (Å²) in [6.07, 6.45) is -0.433.